The van der Waals surface area contributed by atoms with Crippen LogP contribution < -0.4 is 0 Å². The van der Waals surface area contributed by atoms with E-state index in [0.717, 1.165) is 37.0 Å². The Morgan fingerprint density at radius 3 is 2.85 bits per heavy atom. The first-order valence-electron chi connectivity index (χ1n) is 7.85. The third kappa shape index (κ3) is 3.61. The van der Waals surface area contributed by atoms with E-state index in [9.17, 15) is 4.79 Å². The molecule has 2 heterocycles. The normalized spacial score (nSPS) is 29.1. The van der Waals surface area contributed by atoms with Gasteiger partial charge in [0.15, 0.2) is 0 Å². The zero-order valence-corrected chi connectivity index (χ0v) is 13.1. The first kappa shape index (κ1) is 15.5. The highest BCUT2D eigenvalue weighted by atomic mass is 16.5. The van der Waals surface area contributed by atoms with E-state index in [2.05, 4.69) is 22.9 Å². The third-order valence-electron chi connectivity index (χ3n) is 4.85. The molecule has 2 rings (SSSR count). The molecule has 0 bridgehead atoms. The van der Waals surface area contributed by atoms with E-state index < -0.39 is 0 Å². The molecule has 0 saturated carbocycles. The molecule has 0 aliphatic carbocycles. The molecule has 2 fully saturated rings. The van der Waals surface area contributed by atoms with Gasteiger partial charge in [-0.05, 0) is 51.7 Å². The molecule has 0 N–H and O–H groups in total. The van der Waals surface area contributed by atoms with Crippen molar-refractivity contribution >= 4 is 5.97 Å². The number of esters is 1. The van der Waals surface area contributed by atoms with Gasteiger partial charge in [-0.3, -0.25) is 4.90 Å². The highest BCUT2D eigenvalue weighted by Gasteiger charge is 2.33. The van der Waals surface area contributed by atoms with Crippen LogP contribution in [0.25, 0.3) is 0 Å². The standard InChI is InChI=1S/C16H28N2O2/c1-4-13(16(19)20-3)7-10-18-11-8-15-14(12-18)6-5-9-17(15)2/h7,14-15H,4-6,8-12H2,1-3H3. The Balaban J connectivity index is 1.89. The maximum atomic E-state index is 11.6. The van der Waals surface area contributed by atoms with Gasteiger partial charge >= 0.3 is 5.97 Å². The van der Waals surface area contributed by atoms with Crippen molar-refractivity contribution in [2.75, 3.05) is 40.3 Å². The minimum atomic E-state index is -0.181. The molecule has 2 unspecified atom stereocenters. The van der Waals surface area contributed by atoms with Crippen LogP contribution >= 0.6 is 0 Å². The summed E-state index contributed by atoms with van der Waals surface area (Å²) in [6.07, 6.45) is 6.74. The molecular weight excluding hydrogens is 252 g/mol. The molecule has 2 saturated heterocycles. The number of likely N-dealkylation sites (tertiary alicyclic amines) is 2. The molecular formula is C16H28N2O2. The van der Waals surface area contributed by atoms with Crippen molar-refractivity contribution < 1.29 is 9.53 Å². The van der Waals surface area contributed by atoms with Crippen LogP contribution in [0.4, 0.5) is 0 Å². The predicted octanol–water partition coefficient (Wildman–Crippen LogP) is 1.91. The summed E-state index contributed by atoms with van der Waals surface area (Å²) >= 11 is 0. The molecule has 0 aromatic heterocycles. The lowest BCUT2D eigenvalue weighted by molar-refractivity contribution is -0.136. The number of hydrogen-bond acceptors (Lipinski definition) is 4. The van der Waals surface area contributed by atoms with E-state index in [4.69, 9.17) is 4.74 Å². The molecule has 4 heteroatoms. The Morgan fingerprint density at radius 2 is 2.15 bits per heavy atom. The van der Waals surface area contributed by atoms with E-state index in [-0.39, 0.29) is 5.97 Å². The summed E-state index contributed by atoms with van der Waals surface area (Å²) in [6, 6.07) is 0.773. The van der Waals surface area contributed by atoms with Crippen LogP contribution in [0.15, 0.2) is 11.6 Å². The molecule has 2 aliphatic heterocycles. The van der Waals surface area contributed by atoms with Gasteiger partial charge in [-0.1, -0.05) is 13.0 Å². The van der Waals surface area contributed by atoms with Crippen molar-refractivity contribution in [3.05, 3.63) is 11.6 Å². The smallest absolute Gasteiger partial charge is 0.333 e. The zero-order chi connectivity index (χ0) is 14.5. The molecule has 0 spiro atoms. The minimum Gasteiger partial charge on any atom is -0.466 e. The fraction of sp³-hybridized carbons (Fsp3) is 0.812. The second-order valence-corrected chi connectivity index (χ2v) is 6.07. The molecule has 20 heavy (non-hydrogen) atoms. The van der Waals surface area contributed by atoms with Gasteiger partial charge < -0.3 is 9.64 Å². The first-order chi connectivity index (χ1) is 9.65. The van der Waals surface area contributed by atoms with Gasteiger partial charge in [0.2, 0.25) is 0 Å². The number of carbonyl (C=O) groups is 1. The molecule has 0 radical (unpaired) electrons. The molecule has 0 aromatic rings. The molecule has 2 atom stereocenters. The van der Waals surface area contributed by atoms with Gasteiger partial charge in [-0.15, -0.1) is 0 Å². The number of nitrogens with zero attached hydrogens (tertiary/aromatic N) is 2. The van der Waals surface area contributed by atoms with E-state index in [1.54, 1.807) is 0 Å². The van der Waals surface area contributed by atoms with Crippen LogP contribution in [0.3, 0.4) is 0 Å². The maximum absolute atomic E-state index is 11.6. The lowest BCUT2D eigenvalue weighted by Crippen LogP contribution is -2.52. The van der Waals surface area contributed by atoms with Crippen molar-refractivity contribution in [1.29, 1.82) is 0 Å². The number of ether oxygens (including phenoxy) is 1. The quantitative estimate of drug-likeness (QED) is 0.582. The monoisotopic (exact) mass is 280 g/mol. The van der Waals surface area contributed by atoms with Crippen molar-refractivity contribution in [1.82, 2.24) is 9.80 Å². The lowest BCUT2D eigenvalue weighted by atomic mass is 9.84. The molecule has 114 valence electrons. The first-order valence-corrected chi connectivity index (χ1v) is 7.85. The second kappa shape index (κ2) is 7.23. The van der Waals surface area contributed by atoms with Gasteiger partial charge in [0.25, 0.3) is 0 Å². The van der Waals surface area contributed by atoms with Crippen LogP contribution in [0.1, 0.15) is 32.6 Å². The minimum absolute atomic E-state index is 0.181. The Morgan fingerprint density at radius 1 is 1.35 bits per heavy atom. The van der Waals surface area contributed by atoms with Gasteiger partial charge in [-0.2, -0.15) is 0 Å². The van der Waals surface area contributed by atoms with Crippen molar-refractivity contribution in [3.63, 3.8) is 0 Å². The summed E-state index contributed by atoms with van der Waals surface area (Å²) in [7, 11) is 3.72. The Labute approximate surface area is 122 Å². The van der Waals surface area contributed by atoms with Gasteiger partial charge in [-0.25, -0.2) is 4.79 Å². The summed E-state index contributed by atoms with van der Waals surface area (Å²) in [5.41, 5.74) is 0.801. The van der Waals surface area contributed by atoms with Crippen molar-refractivity contribution in [2.45, 2.75) is 38.6 Å². The average Bonchev–Trinajstić information content (AvgIpc) is 2.47. The summed E-state index contributed by atoms with van der Waals surface area (Å²) in [5, 5.41) is 0. The van der Waals surface area contributed by atoms with E-state index in [1.807, 2.05) is 6.92 Å². The molecule has 0 amide bonds. The SMILES string of the molecule is CCC(=CCN1CCC2C(CCCN2C)C1)C(=O)OC. The van der Waals surface area contributed by atoms with Crippen molar-refractivity contribution in [3.8, 4) is 0 Å². The zero-order valence-electron chi connectivity index (χ0n) is 13.1. The van der Waals surface area contributed by atoms with E-state index in [0.29, 0.717) is 0 Å². The Kier molecular flexibility index (Phi) is 5.61. The fourth-order valence-electron chi connectivity index (χ4n) is 3.64. The number of carbonyl (C=O) groups excluding carboxylic acids is 1. The summed E-state index contributed by atoms with van der Waals surface area (Å²) in [6.45, 7) is 6.45. The Hall–Kier alpha value is -0.870. The number of rotatable bonds is 4. The second-order valence-electron chi connectivity index (χ2n) is 6.07. The van der Waals surface area contributed by atoms with Crippen LogP contribution in [0, 0.1) is 5.92 Å². The average molecular weight is 280 g/mol. The predicted molar refractivity (Wildman–Crippen MR) is 80.6 cm³/mol. The van der Waals surface area contributed by atoms with Gasteiger partial charge in [0.1, 0.15) is 0 Å². The van der Waals surface area contributed by atoms with Gasteiger partial charge in [0, 0.05) is 24.7 Å². The summed E-state index contributed by atoms with van der Waals surface area (Å²) in [4.78, 5) is 16.6. The van der Waals surface area contributed by atoms with Crippen LogP contribution in [-0.4, -0.2) is 62.1 Å². The fourth-order valence-corrected chi connectivity index (χ4v) is 3.64. The number of hydrogen-bond donors (Lipinski definition) is 0. The number of methoxy groups -OCH3 is 1. The highest BCUT2D eigenvalue weighted by molar-refractivity contribution is 5.88. The number of piperidine rings is 2. The largest absolute Gasteiger partial charge is 0.466 e. The summed E-state index contributed by atoms with van der Waals surface area (Å²) in [5.74, 6) is 0.624. The summed E-state index contributed by atoms with van der Waals surface area (Å²) < 4.78 is 4.81. The third-order valence-corrected chi connectivity index (χ3v) is 4.85. The van der Waals surface area contributed by atoms with Crippen LogP contribution in [0.2, 0.25) is 0 Å². The van der Waals surface area contributed by atoms with Gasteiger partial charge in [0.05, 0.1) is 7.11 Å². The van der Waals surface area contributed by atoms with Crippen molar-refractivity contribution in [2.24, 2.45) is 5.92 Å². The lowest BCUT2D eigenvalue weighted by Gasteiger charge is -2.45. The maximum Gasteiger partial charge on any atom is 0.333 e. The molecule has 4 nitrogen and oxygen atoms in total. The van der Waals surface area contributed by atoms with E-state index >= 15 is 0 Å². The van der Waals surface area contributed by atoms with Crippen LogP contribution in [-0.2, 0) is 9.53 Å². The Bertz CT molecular complexity index is 367. The number of fused-ring (bicyclic) bond motifs is 1. The molecule has 0 aromatic carbocycles. The molecule has 2 aliphatic rings. The highest BCUT2D eigenvalue weighted by Crippen LogP contribution is 2.29. The van der Waals surface area contributed by atoms with Crippen LogP contribution in [0.5, 0.6) is 0 Å². The topological polar surface area (TPSA) is 32.8 Å². The van der Waals surface area contributed by atoms with E-state index in [1.165, 1.54) is 39.5 Å².